The van der Waals surface area contributed by atoms with E-state index in [1.54, 1.807) is 50.2 Å². The number of ether oxygens (including phenoxy) is 3. The van der Waals surface area contributed by atoms with Gasteiger partial charge in [-0.3, -0.25) is 57.6 Å². The highest BCUT2D eigenvalue weighted by molar-refractivity contribution is 6.12. The molecule has 0 saturated carbocycles. The first kappa shape index (κ1) is 70.9. The number of aryl methyl sites for hydroxylation is 1. The normalized spacial score (nSPS) is 21.2. The molecule has 0 radical (unpaired) electrons. The van der Waals surface area contributed by atoms with Crippen molar-refractivity contribution in [3.8, 4) is 11.4 Å². The lowest BCUT2D eigenvalue weighted by molar-refractivity contribution is -0.227. The molecule has 5 aliphatic rings. The molecule has 31 nitrogen and oxygen atoms in total. The third-order valence-corrected chi connectivity index (χ3v) is 17.5. The van der Waals surface area contributed by atoms with Crippen LogP contribution in [0.4, 0.5) is 4.39 Å². The molecule has 10 amide bonds. The maximum Gasteiger partial charge on any atom is 0.343 e. The van der Waals surface area contributed by atoms with E-state index in [9.17, 15) is 83.1 Å². The van der Waals surface area contributed by atoms with Gasteiger partial charge < -0.3 is 86.8 Å². The van der Waals surface area contributed by atoms with Crippen molar-refractivity contribution in [1.29, 1.82) is 0 Å². The summed E-state index contributed by atoms with van der Waals surface area (Å²) in [4.78, 5) is 163. The van der Waals surface area contributed by atoms with Crippen LogP contribution >= 0.6 is 0 Å². The van der Waals surface area contributed by atoms with Gasteiger partial charge in [-0.15, -0.1) is 0 Å². The molecule has 13 N–H and O–H groups in total. The molecule has 32 heteroatoms. The predicted octanol–water partition coefficient (Wildman–Crippen LogP) is -3.49. The molecule has 514 valence electrons. The minimum Gasteiger partial charge on any atom is -0.458 e. The van der Waals surface area contributed by atoms with Crippen molar-refractivity contribution in [2.24, 2.45) is 0 Å². The molecule has 4 aliphatic heterocycles. The average molecular weight is 1340 g/mol. The summed E-state index contributed by atoms with van der Waals surface area (Å²) in [5, 5.41) is 72.2. The lowest BCUT2D eigenvalue weighted by atomic mass is 9.81. The summed E-state index contributed by atoms with van der Waals surface area (Å²) < 4.78 is 33.0. The summed E-state index contributed by atoms with van der Waals surface area (Å²) in [7, 11) is 0. The molecular formula is C64H76FN11O20. The Morgan fingerprint density at radius 1 is 0.760 bits per heavy atom. The highest BCUT2D eigenvalue weighted by Crippen LogP contribution is 2.46. The van der Waals surface area contributed by atoms with Gasteiger partial charge in [0.2, 0.25) is 47.3 Å². The van der Waals surface area contributed by atoms with Gasteiger partial charge in [-0.25, -0.2) is 14.2 Å². The van der Waals surface area contributed by atoms with Crippen LogP contribution < -0.4 is 48.1 Å². The number of benzene rings is 2. The Morgan fingerprint density at radius 3 is 2.15 bits per heavy atom. The molecule has 0 unspecified atom stereocenters. The molecule has 96 heavy (non-hydrogen) atoms. The molecule has 4 aromatic rings. The van der Waals surface area contributed by atoms with Gasteiger partial charge in [0.25, 0.3) is 17.4 Å². The fraction of sp³-hybridized carbons (Fsp3) is 0.484. The maximum atomic E-state index is 15.5. The number of aromatic nitrogens is 2. The number of amides is 10. The number of pyridine rings is 2. The molecule has 1 saturated heterocycles. The number of fused-ring (bicyclic) bond motifs is 5. The lowest BCUT2D eigenvalue weighted by Crippen LogP contribution is -2.60. The van der Waals surface area contributed by atoms with Crippen LogP contribution in [-0.4, -0.2) is 200 Å². The number of carbonyl (C=O) groups excluding carboxylic acids is 11. The van der Waals surface area contributed by atoms with E-state index in [0.29, 0.717) is 70.3 Å². The molecule has 0 bridgehead atoms. The molecule has 0 spiro atoms. The topological polar surface area (TPSA) is 451 Å². The number of cyclic esters (lactones) is 1. The van der Waals surface area contributed by atoms with Crippen molar-refractivity contribution in [3.63, 3.8) is 0 Å². The van der Waals surface area contributed by atoms with Crippen LogP contribution in [0.5, 0.6) is 0 Å². The molecule has 6 heterocycles. The van der Waals surface area contributed by atoms with Crippen LogP contribution in [0.25, 0.3) is 22.3 Å². The fourth-order valence-electron chi connectivity index (χ4n) is 12.2. The molecular weight excluding hydrogens is 1260 g/mol. The molecule has 1 fully saturated rings. The Bertz CT molecular complexity index is 3790. The van der Waals surface area contributed by atoms with Crippen molar-refractivity contribution < 1.29 is 96.9 Å². The van der Waals surface area contributed by atoms with Gasteiger partial charge in [0.05, 0.1) is 61.3 Å². The number of hydrogen-bond donors (Lipinski definition) is 13. The molecule has 2 aromatic heterocycles. The van der Waals surface area contributed by atoms with Gasteiger partial charge >= 0.3 is 5.97 Å². The zero-order valence-electron chi connectivity index (χ0n) is 52.5. The van der Waals surface area contributed by atoms with Gasteiger partial charge in [0.1, 0.15) is 68.4 Å². The van der Waals surface area contributed by atoms with Crippen molar-refractivity contribution in [2.75, 3.05) is 52.7 Å². The number of carbonyl (C=O) groups is 11. The molecule has 2 aromatic carbocycles. The minimum atomic E-state index is -2.08. The number of esters is 1. The number of aliphatic hydroxyl groups excluding tert-OH is 4. The first-order chi connectivity index (χ1) is 45.9. The summed E-state index contributed by atoms with van der Waals surface area (Å²) >= 11 is 0. The van der Waals surface area contributed by atoms with E-state index < -0.39 is 177 Å². The number of nitrogens with one attached hydrogen (secondary N) is 8. The summed E-state index contributed by atoms with van der Waals surface area (Å²) in [6.45, 7) is -1.10. The second-order valence-corrected chi connectivity index (χ2v) is 23.9. The third-order valence-electron chi connectivity index (χ3n) is 17.5. The number of rotatable bonds is 30. The summed E-state index contributed by atoms with van der Waals surface area (Å²) in [6.07, 6.45) is -4.30. The maximum absolute atomic E-state index is 15.5. The fourth-order valence-corrected chi connectivity index (χ4v) is 12.2. The largest absolute Gasteiger partial charge is 0.458 e. The van der Waals surface area contributed by atoms with Crippen LogP contribution in [0, 0.1) is 12.7 Å². The molecule has 1 aliphatic carbocycles. The molecule has 9 atom stereocenters. The zero-order chi connectivity index (χ0) is 69.1. The van der Waals surface area contributed by atoms with Crippen molar-refractivity contribution in [2.45, 2.75) is 145 Å². The second-order valence-electron chi connectivity index (χ2n) is 23.9. The zero-order valence-corrected chi connectivity index (χ0v) is 52.5. The minimum absolute atomic E-state index is 0.0176. The number of hydrogen-bond acceptors (Lipinski definition) is 21. The Kier molecular flexibility index (Phi) is 23.2. The van der Waals surface area contributed by atoms with E-state index in [4.69, 9.17) is 19.2 Å². The smallest absolute Gasteiger partial charge is 0.343 e. The number of imide groups is 1. The molecule has 9 rings (SSSR count). The van der Waals surface area contributed by atoms with Crippen LogP contribution in [-0.2, 0) is 98.5 Å². The number of nitrogens with zero attached hydrogens (tertiary/aromatic N) is 3. The van der Waals surface area contributed by atoms with E-state index >= 15 is 4.39 Å². The Morgan fingerprint density at radius 2 is 1.44 bits per heavy atom. The SMILES string of the molecule is CC[C@@]1(O)C(=O)OCc2c1cc1n(c2=O)Cc2c-1nc1cc(F)c(C)c3c1c2[C@@H](NC(=O)COCNC(=O)CNC(=O)[C@H](Cc1ccccc1)NC(=O)CNC(=O)CNC(=O)[C@H](CCC(=O)NC[C@@H]1O[C@H](CO)[C@@H](O)[C@H](O)[C@H]1O)NC(=O)CCCCCN1C(=O)C=CC1=O)CC3. The Hall–Kier alpha value is -9.44. The van der Waals surface area contributed by atoms with Crippen molar-refractivity contribution >= 4 is 75.9 Å². The monoisotopic (exact) mass is 1340 g/mol. The quantitative estimate of drug-likeness (QED) is 0.00918. The van der Waals surface area contributed by atoms with Crippen LogP contribution in [0.2, 0.25) is 0 Å². The predicted molar refractivity (Wildman–Crippen MR) is 331 cm³/mol. The number of unbranched alkanes of at least 4 members (excludes halogenated alkanes) is 2. The summed E-state index contributed by atoms with van der Waals surface area (Å²) in [5.41, 5.74) is 1.44. The first-order valence-corrected chi connectivity index (χ1v) is 31.4. The second kappa shape index (κ2) is 31.4. The summed E-state index contributed by atoms with van der Waals surface area (Å²) in [5.74, 6) is -8.37. The Labute approximate surface area is 547 Å². The van der Waals surface area contributed by atoms with Gasteiger partial charge in [0, 0.05) is 67.1 Å². The van der Waals surface area contributed by atoms with E-state index in [2.05, 4.69) is 42.5 Å². The Balaban J connectivity index is 0.740. The van der Waals surface area contributed by atoms with E-state index in [1.807, 2.05) is 0 Å². The highest BCUT2D eigenvalue weighted by Gasteiger charge is 2.47. The van der Waals surface area contributed by atoms with Gasteiger partial charge in [0.15, 0.2) is 5.60 Å². The lowest BCUT2D eigenvalue weighted by Gasteiger charge is -2.40. The van der Waals surface area contributed by atoms with Crippen LogP contribution in [0.1, 0.15) is 103 Å². The first-order valence-electron chi connectivity index (χ1n) is 31.4. The third kappa shape index (κ3) is 16.3. The average Bonchev–Trinajstić information content (AvgIpc) is 1.47. The van der Waals surface area contributed by atoms with Crippen LogP contribution in [0.3, 0.4) is 0 Å². The van der Waals surface area contributed by atoms with Crippen molar-refractivity contribution in [1.82, 2.24) is 57.0 Å². The van der Waals surface area contributed by atoms with Crippen LogP contribution in [0.15, 0.2) is 59.4 Å². The van der Waals surface area contributed by atoms with Gasteiger partial charge in [-0.1, -0.05) is 43.7 Å². The van der Waals surface area contributed by atoms with Gasteiger partial charge in [-0.05, 0) is 73.8 Å². The van der Waals surface area contributed by atoms with E-state index in [0.717, 1.165) is 17.1 Å². The summed E-state index contributed by atoms with van der Waals surface area (Å²) in [6, 6.07) is 7.97. The van der Waals surface area contributed by atoms with E-state index in [1.165, 1.54) is 10.6 Å². The van der Waals surface area contributed by atoms with Gasteiger partial charge in [-0.2, -0.15) is 0 Å². The van der Waals surface area contributed by atoms with Crippen molar-refractivity contribution in [3.05, 3.63) is 110 Å². The standard InChI is InChI=1S/C64H76FN11O20/c1-3-64(93)37-21-43-56-35(27-76(43)62(91)36(37)29-95-63(64)92)55-39(14-13-34-32(2)38(65)22-41(74-56)54(34)55)71-51(83)30-94-31-70-49(81)25-69-61(90)42(20-33-10-6-4-7-11-33)73-50(82)26-67-48(80)24-68-60(89)40(72-47(79)12-8-5-9-19-75-52(84)17-18-53(75)85)15-16-46(78)66-23-44-57(86)59(88)58(87)45(28-77)96-44/h4,6-7,10-11,17-18,21-22,39-40,42,44-45,57-59,77,86-88,93H,3,5,8-9,12-16,19-20,23-31H2,1-2H3,(H,66,78)(H,67,80)(H,68,89)(H,69,90)(H,70,81)(H,71,83)(H,72,79)(H,73,82)/t39-,40-,42-,44-,45+,57-,58+,59+,64-/m0/s1. The van der Waals surface area contributed by atoms with E-state index in [-0.39, 0.29) is 75.0 Å². The highest BCUT2D eigenvalue weighted by atomic mass is 19.1. The number of aliphatic hydroxyl groups is 5. The number of halogens is 1.